The van der Waals surface area contributed by atoms with Gasteiger partial charge in [-0.3, -0.25) is 9.36 Å². The highest BCUT2D eigenvalue weighted by atomic mass is 19.4. The summed E-state index contributed by atoms with van der Waals surface area (Å²) < 4.78 is 119. The van der Waals surface area contributed by atoms with Gasteiger partial charge >= 0.3 is 18.5 Å². The van der Waals surface area contributed by atoms with Crippen molar-refractivity contribution in [2.75, 3.05) is 5.32 Å². The number of alkyl halides is 9. The van der Waals surface area contributed by atoms with Crippen LogP contribution in [-0.2, 0) is 25.1 Å². The molecule has 1 saturated carbocycles. The lowest BCUT2D eigenvalue weighted by Gasteiger charge is -2.24. The molecule has 0 saturated heterocycles. The molecule has 0 bridgehead atoms. The Kier molecular flexibility index (Phi) is 6.67. The molecule has 1 fully saturated rings. The van der Waals surface area contributed by atoms with Gasteiger partial charge in [-0.25, -0.2) is 0 Å². The van der Waals surface area contributed by atoms with Crippen molar-refractivity contribution in [2.24, 2.45) is 5.92 Å². The summed E-state index contributed by atoms with van der Waals surface area (Å²) in [6.45, 7) is -0.262. The van der Waals surface area contributed by atoms with Gasteiger partial charge in [0.15, 0.2) is 0 Å². The number of hydrogen-bond acceptors (Lipinski definition) is 4. The first kappa shape index (κ1) is 24.8. The molecule has 0 amide bonds. The quantitative estimate of drug-likeness (QED) is 0.535. The zero-order valence-electron chi connectivity index (χ0n) is 16.7. The van der Waals surface area contributed by atoms with Crippen molar-refractivity contribution in [2.45, 2.75) is 57.2 Å². The second kappa shape index (κ2) is 8.86. The van der Waals surface area contributed by atoms with Gasteiger partial charge in [-0.15, -0.1) is 10.2 Å². The summed E-state index contributed by atoms with van der Waals surface area (Å²) >= 11 is 0. The summed E-state index contributed by atoms with van der Waals surface area (Å²) in [4.78, 5) is 12.5. The van der Waals surface area contributed by atoms with E-state index >= 15 is 0 Å². The Morgan fingerprint density at radius 2 is 1.52 bits per heavy atom. The molecule has 1 heterocycles. The third kappa shape index (κ3) is 5.77. The first-order chi connectivity index (χ1) is 15.2. The van der Waals surface area contributed by atoms with E-state index in [2.05, 4.69) is 15.5 Å². The Labute approximate surface area is 180 Å². The van der Waals surface area contributed by atoms with Gasteiger partial charge in [-0.2, -0.15) is 39.5 Å². The van der Waals surface area contributed by atoms with Crippen LogP contribution in [0.1, 0.15) is 48.9 Å². The summed E-state index contributed by atoms with van der Waals surface area (Å²) in [6.07, 6.45) is -11.8. The normalized spacial score (nSPS) is 16.2. The molecular weight excluding hydrogens is 471 g/mol. The molecule has 14 heteroatoms. The van der Waals surface area contributed by atoms with E-state index in [9.17, 15) is 44.3 Å². The summed E-state index contributed by atoms with van der Waals surface area (Å²) in [5.41, 5.74) is -7.66. The first-order valence-corrected chi connectivity index (χ1v) is 9.78. The van der Waals surface area contributed by atoms with E-state index in [4.69, 9.17) is 0 Å². The van der Waals surface area contributed by atoms with Crippen LogP contribution in [0.25, 0.3) is 0 Å². The Morgan fingerprint density at radius 1 is 0.879 bits per heavy atom. The van der Waals surface area contributed by atoms with E-state index in [-0.39, 0.29) is 18.5 Å². The third-order valence-electron chi connectivity index (χ3n) is 5.28. The molecule has 1 aliphatic carbocycles. The van der Waals surface area contributed by atoms with Crippen LogP contribution >= 0.6 is 0 Å². The molecule has 2 aromatic rings. The molecule has 0 aliphatic heterocycles. The fraction of sp³-hybridized carbons (Fsp3) is 0.526. The molecule has 0 spiro atoms. The van der Waals surface area contributed by atoms with Crippen LogP contribution < -0.4 is 10.9 Å². The fourth-order valence-electron chi connectivity index (χ4n) is 3.67. The van der Waals surface area contributed by atoms with Crippen molar-refractivity contribution < 1.29 is 39.5 Å². The van der Waals surface area contributed by atoms with Gasteiger partial charge in [0.05, 0.1) is 16.8 Å². The molecule has 3 rings (SSSR count). The van der Waals surface area contributed by atoms with Crippen molar-refractivity contribution in [1.82, 2.24) is 14.8 Å². The van der Waals surface area contributed by atoms with E-state index in [1.165, 1.54) is 0 Å². The summed E-state index contributed by atoms with van der Waals surface area (Å²) in [6, 6.07) is 0.711. The number of nitrogens with zero attached hydrogens (tertiary/aromatic N) is 3. The van der Waals surface area contributed by atoms with Gasteiger partial charge in [-0.1, -0.05) is 19.3 Å². The van der Waals surface area contributed by atoms with Crippen molar-refractivity contribution in [3.05, 3.63) is 45.4 Å². The minimum Gasteiger partial charge on any atom is -0.324 e. The molecule has 0 radical (unpaired) electrons. The first-order valence-electron chi connectivity index (χ1n) is 9.78. The van der Waals surface area contributed by atoms with Gasteiger partial charge in [0.2, 0.25) is 11.6 Å². The van der Waals surface area contributed by atoms with E-state index in [1.807, 2.05) is 0 Å². The third-order valence-corrected chi connectivity index (χ3v) is 5.28. The maximum atomic E-state index is 13.4. The second-order valence-electron chi connectivity index (χ2n) is 7.67. The molecule has 1 N–H and O–H groups in total. The van der Waals surface area contributed by atoms with Crippen molar-refractivity contribution in [3.8, 4) is 0 Å². The lowest BCUT2D eigenvalue weighted by molar-refractivity contribution is -0.144. The molecular formula is C19H17F9N4O. The van der Waals surface area contributed by atoms with Crippen LogP contribution in [0.5, 0.6) is 0 Å². The molecule has 1 aromatic heterocycles. The zero-order valence-corrected chi connectivity index (χ0v) is 16.7. The highest BCUT2D eigenvalue weighted by Crippen LogP contribution is 2.40. The van der Waals surface area contributed by atoms with Crippen molar-refractivity contribution in [3.63, 3.8) is 0 Å². The number of anilines is 2. The number of nitrogens with one attached hydrogen (secondary N) is 1. The van der Waals surface area contributed by atoms with Crippen LogP contribution in [0.2, 0.25) is 0 Å². The van der Waals surface area contributed by atoms with E-state index in [0.29, 0.717) is 29.5 Å². The number of benzene rings is 1. The Bertz CT molecular complexity index is 1050. The highest BCUT2D eigenvalue weighted by Gasteiger charge is 2.40. The van der Waals surface area contributed by atoms with Crippen LogP contribution in [-0.4, -0.2) is 14.8 Å². The molecule has 5 nitrogen and oxygen atoms in total. The van der Waals surface area contributed by atoms with Gasteiger partial charge in [0.1, 0.15) is 0 Å². The molecule has 0 unspecified atom stereocenters. The molecule has 33 heavy (non-hydrogen) atoms. The van der Waals surface area contributed by atoms with E-state index in [1.54, 1.807) is 0 Å². The van der Waals surface area contributed by atoms with E-state index in [0.717, 1.165) is 19.3 Å². The van der Waals surface area contributed by atoms with Crippen molar-refractivity contribution >= 4 is 11.6 Å². The number of aromatic nitrogens is 3. The zero-order chi connectivity index (χ0) is 24.6. The van der Waals surface area contributed by atoms with Crippen LogP contribution in [0.3, 0.4) is 0 Å². The summed E-state index contributed by atoms with van der Waals surface area (Å²) in [5, 5.41) is 8.14. The van der Waals surface area contributed by atoms with Gasteiger partial charge in [0.25, 0.3) is 5.56 Å². The predicted molar refractivity (Wildman–Crippen MR) is 97.6 cm³/mol. The minimum absolute atomic E-state index is 0.135. The minimum atomic E-state index is -5.24. The van der Waals surface area contributed by atoms with Gasteiger partial charge in [0, 0.05) is 6.54 Å². The van der Waals surface area contributed by atoms with Crippen LogP contribution in [0.15, 0.2) is 23.0 Å². The predicted octanol–water partition coefficient (Wildman–Crippen LogP) is 6.02. The van der Waals surface area contributed by atoms with Crippen LogP contribution in [0.4, 0.5) is 51.1 Å². The van der Waals surface area contributed by atoms with Crippen molar-refractivity contribution in [1.29, 1.82) is 0 Å². The van der Waals surface area contributed by atoms with Crippen LogP contribution in [0, 0.1) is 5.92 Å². The lowest BCUT2D eigenvalue weighted by Crippen LogP contribution is -2.35. The maximum absolute atomic E-state index is 13.4. The average molecular weight is 488 g/mol. The Hall–Kier alpha value is -2.80. The largest absolute Gasteiger partial charge is 0.440 e. The Balaban J connectivity index is 2.09. The number of hydrogen-bond donors (Lipinski definition) is 1. The summed E-state index contributed by atoms with van der Waals surface area (Å²) in [7, 11) is 0. The monoisotopic (exact) mass is 488 g/mol. The highest BCUT2D eigenvalue weighted by molar-refractivity contribution is 5.61. The smallest absolute Gasteiger partial charge is 0.324 e. The van der Waals surface area contributed by atoms with E-state index < -0.39 is 52.5 Å². The maximum Gasteiger partial charge on any atom is 0.440 e. The SMILES string of the molecule is O=c1c(C(F)(F)F)nnc(Nc2ccc(C(F)(F)F)cc2C(F)(F)F)n1CC1CCCCC1. The molecule has 1 aromatic carbocycles. The second-order valence-corrected chi connectivity index (χ2v) is 7.67. The molecule has 182 valence electrons. The van der Waals surface area contributed by atoms with Gasteiger partial charge < -0.3 is 5.32 Å². The average Bonchev–Trinajstić information content (AvgIpc) is 2.69. The topological polar surface area (TPSA) is 59.8 Å². The Morgan fingerprint density at radius 3 is 2.06 bits per heavy atom. The number of rotatable bonds is 4. The molecule has 0 atom stereocenters. The standard InChI is InChI=1S/C19H17F9N4O/c20-17(21,22)11-6-7-13(12(8-11)18(23,24)25)29-16-31-30-14(19(26,27)28)15(33)32(16)9-10-4-2-1-3-5-10/h6-8,10H,1-5,9H2,(H,29,31). The van der Waals surface area contributed by atoms with Gasteiger partial charge in [-0.05, 0) is 37.0 Å². The molecule has 1 aliphatic rings. The summed E-state index contributed by atoms with van der Waals surface area (Å²) in [5.74, 6) is -0.958. The fourth-order valence-corrected chi connectivity index (χ4v) is 3.67. The number of halogens is 9. The lowest BCUT2D eigenvalue weighted by atomic mass is 9.89.